The largest absolute Gasteiger partial charge is 0.504 e. The maximum atomic E-state index is 11.8. The molecule has 6 nitrogen and oxygen atoms in total. The number of hydrogen-bond donors (Lipinski definition) is 3. The van der Waals surface area contributed by atoms with Crippen LogP contribution in [0.3, 0.4) is 0 Å². The molecule has 2 atom stereocenters. The van der Waals surface area contributed by atoms with Crippen molar-refractivity contribution in [1.82, 2.24) is 10.6 Å². The molecule has 0 saturated carbocycles. The van der Waals surface area contributed by atoms with Crippen molar-refractivity contribution in [3.8, 4) is 11.5 Å². The van der Waals surface area contributed by atoms with E-state index in [2.05, 4.69) is 10.6 Å². The molecule has 0 amide bonds. The standard InChI is InChI=1S/C26H25ClN2O4/c1-3-33-23-6-4-5-20(24(23)30)22-15-21(16-11-13-19(27)14-12-16)28-25(29-22)17-7-9-18(10-8-17)26(31)32-2/h4-15,22,25,28-30H,3H2,1-2H3. The molecule has 3 N–H and O–H groups in total. The topological polar surface area (TPSA) is 79.8 Å². The number of aromatic hydroxyl groups is 1. The fourth-order valence-electron chi connectivity index (χ4n) is 3.80. The zero-order chi connectivity index (χ0) is 23.4. The number of halogens is 1. The molecule has 0 saturated heterocycles. The van der Waals surface area contributed by atoms with Crippen LogP contribution in [0.1, 0.15) is 46.2 Å². The molecule has 7 heteroatoms. The van der Waals surface area contributed by atoms with Crippen LogP contribution in [0.5, 0.6) is 11.5 Å². The Balaban J connectivity index is 1.72. The normalized spacial score (nSPS) is 17.6. The monoisotopic (exact) mass is 464 g/mol. The lowest BCUT2D eigenvalue weighted by atomic mass is 9.97. The summed E-state index contributed by atoms with van der Waals surface area (Å²) in [7, 11) is 1.36. The lowest BCUT2D eigenvalue weighted by molar-refractivity contribution is 0.0600. The number of methoxy groups -OCH3 is 1. The Kier molecular flexibility index (Phi) is 6.87. The first kappa shape index (κ1) is 22.7. The second-order valence-corrected chi connectivity index (χ2v) is 7.99. The molecule has 1 heterocycles. The Hall–Kier alpha value is -3.48. The van der Waals surface area contributed by atoms with E-state index in [-0.39, 0.29) is 23.9 Å². The summed E-state index contributed by atoms with van der Waals surface area (Å²) in [5, 5.41) is 18.5. The first-order valence-corrected chi connectivity index (χ1v) is 11.0. The van der Waals surface area contributed by atoms with Gasteiger partial charge in [0.05, 0.1) is 25.3 Å². The predicted molar refractivity (Wildman–Crippen MR) is 128 cm³/mol. The minimum Gasteiger partial charge on any atom is -0.504 e. The molecule has 0 aromatic heterocycles. The number of phenols is 1. The number of nitrogens with one attached hydrogen (secondary N) is 2. The van der Waals surface area contributed by atoms with E-state index in [1.807, 2.05) is 61.5 Å². The van der Waals surface area contributed by atoms with E-state index < -0.39 is 0 Å². The highest BCUT2D eigenvalue weighted by Gasteiger charge is 2.26. The van der Waals surface area contributed by atoms with E-state index in [9.17, 15) is 9.90 Å². The van der Waals surface area contributed by atoms with Gasteiger partial charge in [-0.05, 0) is 54.5 Å². The Labute approximate surface area is 197 Å². The molecule has 0 spiro atoms. The minimum absolute atomic E-state index is 0.102. The van der Waals surface area contributed by atoms with Gasteiger partial charge in [-0.2, -0.15) is 0 Å². The van der Waals surface area contributed by atoms with Crippen LogP contribution in [0.15, 0.2) is 72.8 Å². The third kappa shape index (κ3) is 4.97. The number of carbonyl (C=O) groups is 1. The average molecular weight is 465 g/mol. The number of rotatable bonds is 6. The summed E-state index contributed by atoms with van der Waals surface area (Å²) in [5.41, 5.74) is 3.95. The van der Waals surface area contributed by atoms with E-state index in [0.29, 0.717) is 28.5 Å². The Morgan fingerprint density at radius 3 is 2.45 bits per heavy atom. The van der Waals surface area contributed by atoms with E-state index in [0.717, 1.165) is 16.8 Å². The molecule has 1 aliphatic rings. The molecule has 3 aromatic rings. The first-order valence-electron chi connectivity index (χ1n) is 10.6. The number of carbonyl (C=O) groups excluding carboxylic acids is 1. The van der Waals surface area contributed by atoms with Gasteiger partial charge in [0.1, 0.15) is 6.17 Å². The summed E-state index contributed by atoms with van der Waals surface area (Å²) in [4.78, 5) is 11.8. The molecule has 1 aliphatic heterocycles. The molecule has 0 bridgehead atoms. The average Bonchev–Trinajstić information content (AvgIpc) is 2.85. The van der Waals surface area contributed by atoms with E-state index >= 15 is 0 Å². The van der Waals surface area contributed by atoms with Gasteiger partial charge in [-0.1, -0.05) is 48.0 Å². The summed E-state index contributed by atoms with van der Waals surface area (Å²) >= 11 is 6.08. The summed E-state index contributed by atoms with van der Waals surface area (Å²) < 4.78 is 10.4. The maximum absolute atomic E-state index is 11.8. The first-order chi connectivity index (χ1) is 16.0. The van der Waals surface area contributed by atoms with Crippen LogP contribution in [0.25, 0.3) is 5.70 Å². The molecule has 4 rings (SSSR count). The highest BCUT2D eigenvalue weighted by molar-refractivity contribution is 6.30. The van der Waals surface area contributed by atoms with Gasteiger partial charge in [0, 0.05) is 16.3 Å². The van der Waals surface area contributed by atoms with E-state index in [4.69, 9.17) is 21.1 Å². The minimum atomic E-state index is -0.386. The van der Waals surface area contributed by atoms with Gasteiger partial charge in [-0.15, -0.1) is 0 Å². The van der Waals surface area contributed by atoms with Gasteiger partial charge in [-0.25, -0.2) is 4.79 Å². The van der Waals surface area contributed by atoms with Crippen molar-refractivity contribution in [3.05, 3.63) is 100 Å². The van der Waals surface area contributed by atoms with Crippen LogP contribution in [0.2, 0.25) is 5.02 Å². The van der Waals surface area contributed by atoms with Crippen LogP contribution in [0, 0.1) is 0 Å². The van der Waals surface area contributed by atoms with Crippen molar-refractivity contribution in [2.75, 3.05) is 13.7 Å². The van der Waals surface area contributed by atoms with Gasteiger partial charge in [0.15, 0.2) is 11.5 Å². The number of para-hydroxylation sites is 1. The smallest absolute Gasteiger partial charge is 0.337 e. The van der Waals surface area contributed by atoms with Crippen LogP contribution in [-0.4, -0.2) is 24.8 Å². The Morgan fingerprint density at radius 1 is 1.06 bits per heavy atom. The van der Waals surface area contributed by atoms with Gasteiger partial charge in [-0.3, -0.25) is 5.32 Å². The third-order valence-electron chi connectivity index (χ3n) is 5.46. The summed E-state index contributed by atoms with van der Waals surface area (Å²) in [6.07, 6.45) is 1.74. The van der Waals surface area contributed by atoms with Crippen LogP contribution in [-0.2, 0) is 4.74 Å². The zero-order valence-electron chi connectivity index (χ0n) is 18.3. The third-order valence-corrected chi connectivity index (χ3v) is 5.72. The number of hydrogen-bond acceptors (Lipinski definition) is 6. The number of esters is 1. The number of phenolic OH excluding ortho intramolecular Hbond substituents is 1. The fraction of sp³-hybridized carbons (Fsp3) is 0.192. The molecule has 0 aliphatic carbocycles. The SMILES string of the molecule is CCOc1cccc(C2C=C(c3ccc(Cl)cc3)NC(c3ccc(C(=O)OC)cc3)N2)c1O. The highest BCUT2D eigenvalue weighted by atomic mass is 35.5. The van der Waals surface area contributed by atoms with Crippen molar-refractivity contribution in [2.45, 2.75) is 19.1 Å². The second kappa shape index (κ2) is 9.98. The predicted octanol–water partition coefficient (Wildman–Crippen LogP) is 5.20. The Morgan fingerprint density at radius 2 is 1.79 bits per heavy atom. The number of ether oxygens (including phenoxy) is 2. The summed E-state index contributed by atoms with van der Waals surface area (Å²) in [6, 6.07) is 19.9. The molecule has 170 valence electrons. The molecule has 0 radical (unpaired) electrons. The van der Waals surface area contributed by atoms with Gasteiger partial charge in [0.2, 0.25) is 0 Å². The summed E-state index contributed by atoms with van der Waals surface area (Å²) in [5.74, 6) is 0.157. The van der Waals surface area contributed by atoms with Crippen LogP contribution in [0.4, 0.5) is 0 Å². The van der Waals surface area contributed by atoms with E-state index in [1.54, 1.807) is 18.2 Å². The van der Waals surface area contributed by atoms with Crippen molar-refractivity contribution < 1.29 is 19.4 Å². The Bertz CT molecular complexity index is 1160. The molecule has 33 heavy (non-hydrogen) atoms. The quantitative estimate of drug-likeness (QED) is 0.435. The van der Waals surface area contributed by atoms with Gasteiger partial charge in [0.25, 0.3) is 0 Å². The highest BCUT2D eigenvalue weighted by Crippen LogP contribution is 2.38. The summed E-state index contributed by atoms with van der Waals surface area (Å²) in [6.45, 7) is 2.33. The zero-order valence-corrected chi connectivity index (χ0v) is 19.1. The van der Waals surface area contributed by atoms with Crippen molar-refractivity contribution in [3.63, 3.8) is 0 Å². The van der Waals surface area contributed by atoms with Crippen molar-refractivity contribution in [1.29, 1.82) is 0 Å². The second-order valence-electron chi connectivity index (χ2n) is 7.55. The van der Waals surface area contributed by atoms with Crippen molar-refractivity contribution in [2.24, 2.45) is 0 Å². The molecular weight excluding hydrogens is 440 g/mol. The molecule has 3 aromatic carbocycles. The molecular formula is C26H25ClN2O4. The molecule has 2 unspecified atom stereocenters. The number of benzene rings is 3. The van der Waals surface area contributed by atoms with Crippen molar-refractivity contribution >= 4 is 23.3 Å². The fourth-order valence-corrected chi connectivity index (χ4v) is 3.93. The van der Waals surface area contributed by atoms with Crippen LogP contribution < -0.4 is 15.4 Å². The van der Waals surface area contributed by atoms with E-state index in [1.165, 1.54) is 7.11 Å². The molecule has 0 fully saturated rings. The van der Waals surface area contributed by atoms with Crippen LogP contribution >= 0.6 is 11.6 Å². The lowest BCUT2D eigenvalue weighted by Crippen LogP contribution is -2.39. The lowest BCUT2D eigenvalue weighted by Gasteiger charge is -2.33. The van der Waals surface area contributed by atoms with Gasteiger partial charge >= 0.3 is 5.97 Å². The van der Waals surface area contributed by atoms with Gasteiger partial charge < -0.3 is 19.9 Å². The maximum Gasteiger partial charge on any atom is 0.337 e.